The highest BCUT2D eigenvalue weighted by atomic mass is 79.9. The summed E-state index contributed by atoms with van der Waals surface area (Å²) in [6.07, 6.45) is 1.27. The second-order valence-electron chi connectivity index (χ2n) is 7.23. The number of anilines is 1. The van der Waals surface area contributed by atoms with Crippen LogP contribution >= 0.6 is 31.9 Å². The van der Waals surface area contributed by atoms with Gasteiger partial charge < -0.3 is 5.11 Å². The summed E-state index contributed by atoms with van der Waals surface area (Å²) >= 11 is 6.55. The molecule has 10 heteroatoms. The lowest BCUT2D eigenvalue weighted by Gasteiger charge is -2.25. The van der Waals surface area contributed by atoms with Gasteiger partial charge >= 0.3 is 0 Å². The van der Waals surface area contributed by atoms with Crippen molar-refractivity contribution in [1.29, 1.82) is 0 Å². The first-order valence-electron chi connectivity index (χ1n) is 9.74. The molecule has 3 rings (SSSR count). The van der Waals surface area contributed by atoms with Gasteiger partial charge in [0.1, 0.15) is 12.3 Å². The Morgan fingerprint density at radius 1 is 1.09 bits per heavy atom. The summed E-state index contributed by atoms with van der Waals surface area (Å²) in [5.74, 6) is -0.681. The van der Waals surface area contributed by atoms with Gasteiger partial charge in [-0.3, -0.25) is 9.10 Å². The molecule has 0 radical (unpaired) electrons. The Hall–Kier alpha value is -2.69. The first kappa shape index (κ1) is 24.9. The Bertz CT molecular complexity index is 1310. The van der Waals surface area contributed by atoms with Gasteiger partial charge in [-0.25, -0.2) is 13.8 Å². The predicted octanol–water partition coefficient (Wildman–Crippen LogP) is 4.88. The lowest BCUT2D eigenvalue weighted by atomic mass is 10.1. The number of hydrogen-bond donors (Lipinski definition) is 2. The summed E-state index contributed by atoms with van der Waals surface area (Å²) in [7, 11) is -4.01. The van der Waals surface area contributed by atoms with E-state index in [4.69, 9.17) is 0 Å². The fourth-order valence-electron chi connectivity index (χ4n) is 3.13. The van der Waals surface area contributed by atoms with Gasteiger partial charge in [0.25, 0.3) is 15.9 Å². The molecule has 0 heterocycles. The number of halogens is 2. The van der Waals surface area contributed by atoms with Crippen LogP contribution in [0.5, 0.6) is 5.75 Å². The van der Waals surface area contributed by atoms with Crippen LogP contribution in [0.4, 0.5) is 5.69 Å². The summed E-state index contributed by atoms with van der Waals surface area (Å²) in [4.78, 5) is 12.8. The summed E-state index contributed by atoms with van der Waals surface area (Å²) < 4.78 is 29.0. The van der Waals surface area contributed by atoms with Crippen molar-refractivity contribution in [3.63, 3.8) is 0 Å². The SMILES string of the molecule is Cc1ccc(N(CC(=O)N/N=C\c2cc(Br)cc(Br)c2O)S(=O)(=O)c2ccccc2)c(C)c1. The third-order valence-electron chi connectivity index (χ3n) is 4.69. The largest absolute Gasteiger partial charge is 0.506 e. The Morgan fingerprint density at radius 3 is 2.45 bits per heavy atom. The van der Waals surface area contributed by atoms with Crippen molar-refractivity contribution in [3.05, 3.63) is 86.3 Å². The minimum atomic E-state index is -4.01. The fraction of sp³-hybridized carbons (Fsp3) is 0.130. The Morgan fingerprint density at radius 2 is 1.79 bits per heavy atom. The molecule has 0 aliphatic carbocycles. The number of nitrogens with zero attached hydrogens (tertiary/aromatic N) is 2. The highest BCUT2D eigenvalue weighted by molar-refractivity contribution is 9.11. The molecule has 3 aromatic rings. The zero-order chi connectivity index (χ0) is 24.2. The summed E-state index contributed by atoms with van der Waals surface area (Å²) in [5.41, 5.74) is 4.79. The number of nitrogens with one attached hydrogen (secondary N) is 1. The maximum atomic E-state index is 13.4. The van der Waals surface area contributed by atoms with Gasteiger partial charge in [-0.15, -0.1) is 0 Å². The van der Waals surface area contributed by atoms with Gasteiger partial charge in [0.15, 0.2) is 0 Å². The number of phenols is 1. The molecule has 2 N–H and O–H groups in total. The van der Waals surface area contributed by atoms with Gasteiger partial charge in [0.2, 0.25) is 0 Å². The molecule has 3 aromatic carbocycles. The number of benzene rings is 3. The van der Waals surface area contributed by atoms with Crippen LogP contribution in [0.3, 0.4) is 0 Å². The van der Waals surface area contributed by atoms with E-state index >= 15 is 0 Å². The van der Waals surface area contributed by atoms with Gasteiger partial charge in [-0.1, -0.05) is 51.8 Å². The topological polar surface area (TPSA) is 99.1 Å². The number of phenolic OH excluding ortho intramolecular Hbond substituents is 1. The van der Waals surface area contributed by atoms with Gasteiger partial charge in [-0.2, -0.15) is 5.10 Å². The zero-order valence-corrected chi connectivity index (χ0v) is 21.8. The monoisotopic (exact) mass is 593 g/mol. The number of aryl methyl sites for hydroxylation is 2. The maximum absolute atomic E-state index is 13.4. The molecule has 0 aliphatic heterocycles. The van der Waals surface area contributed by atoms with Crippen LogP contribution in [0.1, 0.15) is 16.7 Å². The van der Waals surface area contributed by atoms with Crippen LogP contribution in [0.15, 0.2) is 79.6 Å². The molecule has 0 aromatic heterocycles. The fourth-order valence-corrected chi connectivity index (χ4v) is 5.89. The van der Waals surface area contributed by atoms with Crippen LogP contribution in [0, 0.1) is 13.8 Å². The van der Waals surface area contributed by atoms with Crippen LogP contribution in [0.25, 0.3) is 0 Å². The van der Waals surface area contributed by atoms with E-state index in [9.17, 15) is 18.3 Å². The molecule has 0 spiro atoms. The van der Waals surface area contributed by atoms with Gasteiger partial charge in [-0.05, 0) is 65.7 Å². The zero-order valence-electron chi connectivity index (χ0n) is 17.8. The molecule has 0 saturated heterocycles. The molecule has 0 saturated carbocycles. The van der Waals surface area contributed by atoms with E-state index in [1.54, 1.807) is 49.4 Å². The van der Waals surface area contributed by atoms with Crippen LogP contribution < -0.4 is 9.73 Å². The number of aromatic hydroxyl groups is 1. The Labute approximate surface area is 209 Å². The van der Waals surface area contributed by atoms with Crippen molar-refractivity contribution in [3.8, 4) is 5.75 Å². The lowest BCUT2D eigenvalue weighted by Crippen LogP contribution is -2.40. The minimum absolute atomic E-state index is 0.0419. The second kappa shape index (κ2) is 10.5. The number of carbonyl (C=O) groups excluding carboxylic acids is 1. The normalized spacial score (nSPS) is 11.5. The van der Waals surface area contributed by atoms with E-state index in [0.717, 1.165) is 15.4 Å². The molecule has 0 aliphatic rings. The third-order valence-corrected chi connectivity index (χ3v) is 7.53. The number of rotatable bonds is 7. The summed E-state index contributed by atoms with van der Waals surface area (Å²) in [6, 6.07) is 16.5. The molecule has 0 atom stereocenters. The number of carbonyl (C=O) groups is 1. The quantitative estimate of drug-likeness (QED) is 0.301. The molecule has 0 fully saturated rings. The molecule has 0 unspecified atom stereocenters. The van der Waals surface area contributed by atoms with E-state index in [1.165, 1.54) is 18.3 Å². The Kier molecular flexibility index (Phi) is 7.93. The Balaban J connectivity index is 1.88. The van der Waals surface area contributed by atoms with E-state index in [0.29, 0.717) is 20.2 Å². The molecule has 172 valence electrons. The van der Waals surface area contributed by atoms with E-state index in [1.807, 2.05) is 13.0 Å². The minimum Gasteiger partial charge on any atom is -0.506 e. The number of amides is 1. The van der Waals surface area contributed by atoms with Crippen LogP contribution in [-0.2, 0) is 14.8 Å². The van der Waals surface area contributed by atoms with Crippen molar-refractivity contribution in [1.82, 2.24) is 5.43 Å². The van der Waals surface area contributed by atoms with Crippen molar-refractivity contribution in [2.24, 2.45) is 5.10 Å². The van der Waals surface area contributed by atoms with Crippen LogP contribution in [-0.4, -0.2) is 32.2 Å². The van der Waals surface area contributed by atoms with Crippen LogP contribution in [0.2, 0.25) is 0 Å². The molecular weight excluding hydrogens is 574 g/mol. The molecule has 1 amide bonds. The number of sulfonamides is 1. The predicted molar refractivity (Wildman–Crippen MR) is 136 cm³/mol. The average molecular weight is 595 g/mol. The maximum Gasteiger partial charge on any atom is 0.264 e. The van der Waals surface area contributed by atoms with Gasteiger partial charge in [0, 0.05) is 10.0 Å². The number of hydrazone groups is 1. The molecular formula is C23H21Br2N3O4S. The molecule has 7 nitrogen and oxygen atoms in total. The lowest BCUT2D eigenvalue weighted by molar-refractivity contribution is -0.119. The second-order valence-corrected chi connectivity index (χ2v) is 10.9. The van der Waals surface area contributed by atoms with Crippen molar-refractivity contribution in [2.75, 3.05) is 10.8 Å². The van der Waals surface area contributed by atoms with Crippen molar-refractivity contribution in [2.45, 2.75) is 18.7 Å². The number of hydrogen-bond acceptors (Lipinski definition) is 5. The van der Waals surface area contributed by atoms with Crippen molar-refractivity contribution >= 4 is 59.7 Å². The van der Waals surface area contributed by atoms with E-state index in [2.05, 4.69) is 42.4 Å². The summed E-state index contributed by atoms with van der Waals surface area (Å²) in [6.45, 7) is 3.22. The average Bonchev–Trinajstić information content (AvgIpc) is 2.76. The molecule has 0 bridgehead atoms. The van der Waals surface area contributed by atoms with E-state index < -0.39 is 22.5 Å². The molecule has 33 heavy (non-hydrogen) atoms. The van der Waals surface area contributed by atoms with E-state index in [-0.39, 0.29) is 10.6 Å². The third kappa shape index (κ3) is 6.01. The van der Waals surface area contributed by atoms with Crippen molar-refractivity contribution < 1.29 is 18.3 Å². The first-order valence-corrected chi connectivity index (χ1v) is 12.8. The smallest absolute Gasteiger partial charge is 0.264 e. The highest BCUT2D eigenvalue weighted by Crippen LogP contribution is 2.30. The highest BCUT2D eigenvalue weighted by Gasteiger charge is 2.28. The van der Waals surface area contributed by atoms with Gasteiger partial charge in [0.05, 0.1) is 21.3 Å². The standard InChI is InChI=1S/C23H21Br2N3O4S/c1-15-8-9-21(16(2)10-15)28(33(31,32)19-6-4-3-5-7-19)14-22(29)27-26-13-17-11-18(24)12-20(25)23(17)30/h3-13,30H,14H2,1-2H3,(H,27,29)/b26-13-. The first-order chi connectivity index (χ1) is 15.6. The summed E-state index contributed by atoms with van der Waals surface area (Å²) in [5, 5.41) is 14.0.